The lowest BCUT2D eigenvalue weighted by atomic mass is 10.1. The maximum absolute atomic E-state index is 6.00. The van der Waals surface area contributed by atoms with E-state index in [2.05, 4.69) is 55.0 Å². The quantitative estimate of drug-likeness (QED) is 0.903. The third-order valence-electron chi connectivity index (χ3n) is 4.04. The highest BCUT2D eigenvalue weighted by atomic mass is 15.2. The average Bonchev–Trinajstić information content (AvgIpc) is 2.56. The second-order valence-electron chi connectivity index (χ2n) is 5.89. The zero-order valence-electron chi connectivity index (χ0n) is 12.5. The molecule has 2 atom stereocenters. The molecule has 0 amide bonds. The van der Waals surface area contributed by atoms with E-state index >= 15 is 0 Å². The van der Waals surface area contributed by atoms with Gasteiger partial charge in [-0.2, -0.15) is 0 Å². The number of hydrogen-bond donors (Lipinski definition) is 1. The van der Waals surface area contributed by atoms with Crippen LogP contribution in [0.15, 0.2) is 24.3 Å². The van der Waals surface area contributed by atoms with E-state index in [9.17, 15) is 0 Å². The Morgan fingerprint density at radius 3 is 2.42 bits per heavy atom. The minimum Gasteiger partial charge on any atom is -0.366 e. The molecule has 106 valence electrons. The SMILES string of the molecule is CCc1ccc(N2CC(C)CN(C)CC2CN)cc1. The number of hydrogen-bond acceptors (Lipinski definition) is 3. The van der Waals surface area contributed by atoms with Crippen LogP contribution < -0.4 is 10.6 Å². The normalized spacial score (nSPS) is 25.4. The third-order valence-corrected chi connectivity index (χ3v) is 4.04. The molecule has 0 aromatic heterocycles. The lowest BCUT2D eigenvalue weighted by Gasteiger charge is -2.32. The Kier molecular flexibility index (Phi) is 4.83. The highest BCUT2D eigenvalue weighted by Gasteiger charge is 2.25. The van der Waals surface area contributed by atoms with E-state index in [1.807, 2.05) is 0 Å². The van der Waals surface area contributed by atoms with E-state index in [0.29, 0.717) is 18.5 Å². The van der Waals surface area contributed by atoms with Crippen LogP contribution in [0.25, 0.3) is 0 Å². The second-order valence-corrected chi connectivity index (χ2v) is 5.89. The van der Waals surface area contributed by atoms with Crippen molar-refractivity contribution in [1.82, 2.24) is 4.90 Å². The molecule has 2 N–H and O–H groups in total. The van der Waals surface area contributed by atoms with Crippen LogP contribution in [-0.4, -0.2) is 44.2 Å². The van der Waals surface area contributed by atoms with Crippen LogP contribution >= 0.6 is 0 Å². The van der Waals surface area contributed by atoms with Crippen LogP contribution in [0.5, 0.6) is 0 Å². The van der Waals surface area contributed by atoms with Gasteiger partial charge in [-0.25, -0.2) is 0 Å². The van der Waals surface area contributed by atoms with E-state index in [1.54, 1.807) is 0 Å². The second kappa shape index (κ2) is 6.40. The first-order valence-corrected chi connectivity index (χ1v) is 7.38. The first-order chi connectivity index (χ1) is 9.13. The standard InChI is InChI=1S/C16H27N3/c1-4-14-5-7-15(8-6-14)19-11-13(2)10-18(3)12-16(19)9-17/h5-8,13,16H,4,9-12,17H2,1-3H3. The van der Waals surface area contributed by atoms with Crippen LogP contribution in [0.1, 0.15) is 19.4 Å². The summed E-state index contributed by atoms with van der Waals surface area (Å²) in [6, 6.07) is 9.39. The number of nitrogens with zero attached hydrogens (tertiary/aromatic N) is 2. The Bertz CT molecular complexity index is 387. The fourth-order valence-corrected chi connectivity index (χ4v) is 3.05. The molecule has 2 unspecified atom stereocenters. The van der Waals surface area contributed by atoms with E-state index in [4.69, 9.17) is 5.73 Å². The number of nitrogens with two attached hydrogens (primary N) is 1. The van der Waals surface area contributed by atoms with Crippen molar-refractivity contribution >= 4 is 5.69 Å². The van der Waals surface area contributed by atoms with E-state index in [0.717, 1.165) is 26.1 Å². The number of aryl methyl sites for hydroxylation is 1. The summed E-state index contributed by atoms with van der Waals surface area (Å²) in [4.78, 5) is 4.90. The van der Waals surface area contributed by atoms with E-state index < -0.39 is 0 Å². The Balaban J connectivity index is 2.22. The van der Waals surface area contributed by atoms with Gasteiger partial charge in [0, 0.05) is 31.9 Å². The molecule has 2 rings (SSSR count). The molecule has 19 heavy (non-hydrogen) atoms. The molecule has 0 spiro atoms. The lowest BCUT2D eigenvalue weighted by Crippen LogP contribution is -2.45. The number of rotatable bonds is 3. The van der Waals surface area contributed by atoms with E-state index in [1.165, 1.54) is 11.3 Å². The molecule has 1 fully saturated rings. The molecule has 1 heterocycles. The highest BCUT2D eigenvalue weighted by Crippen LogP contribution is 2.22. The zero-order valence-corrected chi connectivity index (χ0v) is 12.5. The maximum Gasteiger partial charge on any atom is 0.0539 e. The minimum absolute atomic E-state index is 0.419. The number of likely N-dealkylation sites (N-methyl/N-ethyl adjacent to an activating group) is 1. The first-order valence-electron chi connectivity index (χ1n) is 7.38. The summed E-state index contributed by atoms with van der Waals surface area (Å²) in [6.07, 6.45) is 1.10. The number of benzene rings is 1. The Hall–Kier alpha value is -1.06. The third kappa shape index (κ3) is 3.48. The Morgan fingerprint density at radius 1 is 1.16 bits per heavy atom. The van der Waals surface area contributed by atoms with Gasteiger partial charge in [-0.05, 0) is 37.1 Å². The monoisotopic (exact) mass is 261 g/mol. The largest absolute Gasteiger partial charge is 0.366 e. The molecule has 1 aliphatic heterocycles. The molecule has 1 aliphatic rings. The van der Waals surface area contributed by atoms with Gasteiger partial charge in [0.25, 0.3) is 0 Å². The van der Waals surface area contributed by atoms with Crippen molar-refractivity contribution in [3.63, 3.8) is 0 Å². The average molecular weight is 261 g/mol. The molecule has 0 radical (unpaired) electrons. The predicted octanol–water partition coefficient (Wildman–Crippen LogP) is 1.96. The van der Waals surface area contributed by atoms with Crippen molar-refractivity contribution in [3.8, 4) is 0 Å². The van der Waals surface area contributed by atoms with Crippen molar-refractivity contribution in [2.24, 2.45) is 11.7 Å². The van der Waals surface area contributed by atoms with Crippen LogP contribution in [0, 0.1) is 5.92 Å². The van der Waals surface area contributed by atoms with Gasteiger partial charge in [0.05, 0.1) is 6.04 Å². The van der Waals surface area contributed by atoms with Crippen LogP contribution in [0.3, 0.4) is 0 Å². The summed E-state index contributed by atoms with van der Waals surface area (Å²) >= 11 is 0. The van der Waals surface area contributed by atoms with Crippen LogP contribution in [0.2, 0.25) is 0 Å². The van der Waals surface area contributed by atoms with Gasteiger partial charge in [-0.1, -0.05) is 26.0 Å². The van der Waals surface area contributed by atoms with Gasteiger partial charge >= 0.3 is 0 Å². The van der Waals surface area contributed by atoms with Gasteiger partial charge in [0.15, 0.2) is 0 Å². The topological polar surface area (TPSA) is 32.5 Å². The summed E-state index contributed by atoms with van der Waals surface area (Å²) in [7, 11) is 2.20. The van der Waals surface area contributed by atoms with Crippen molar-refractivity contribution in [3.05, 3.63) is 29.8 Å². The van der Waals surface area contributed by atoms with Crippen LogP contribution in [0.4, 0.5) is 5.69 Å². The molecule has 0 bridgehead atoms. The molecule has 1 aromatic rings. The van der Waals surface area contributed by atoms with E-state index in [-0.39, 0.29) is 0 Å². The Morgan fingerprint density at radius 2 is 1.84 bits per heavy atom. The van der Waals surface area contributed by atoms with Crippen molar-refractivity contribution in [2.45, 2.75) is 26.3 Å². The first kappa shape index (κ1) is 14.4. The molecule has 0 saturated carbocycles. The lowest BCUT2D eigenvalue weighted by molar-refractivity contribution is 0.304. The molecular formula is C16H27N3. The summed E-state index contributed by atoms with van der Waals surface area (Å²) < 4.78 is 0. The summed E-state index contributed by atoms with van der Waals surface area (Å²) in [5.74, 6) is 0.674. The van der Waals surface area contributed by atoms with Crippen molar-refractivity contribution in [1.29, 1.82) is 0 Å². The molecule has 3 nitrogen and oxygen atoms in total. The van der Waals surface area contributed by atoms with Gasteiger partial charge in [0.1, 0.15) is 0 Å². The highest BCUT2D eigenvalue weighted by molar-refractivity contribution is 5.49. The van der Waals surface area contributed by atoms with Gasteiger partial charge in [-0.3, -0.25) is 0 Å². The zero-order chi connectivity index (χ0) is 13.8. The van der Waals surface area contributed by atoms with Crippen molar-refractivity contribution in [2.75, 3.05) is 38.1 Å². The number of anilines is 1. The summed E-state index contributed by atoms with van der Waals surface area (Å²) in [5.41, 5.74) is 8.71. The summed E-state index contributed by atoms with van der Waals surface area (Å²) in [5, 5.41) is 0. The molecular weight excluding hydrogens is 234 g/mol. The predicted molar refractivity (Wildman–Crippen MR) is 82.7 cm³/mol. The molecule has 3 heteroatoms. The Labute approximate surface area is 117 Å². The van der Waals surface area contributed by atoms with Gasteiger partial charge < -0.3 is 15.5 Å². The van der Waals surface area contributed by atoms with Crippen LogP contribution in [-0.2, 0) is 6.42 Å². The smallest absolute Gasteiger partial charge is 0.0539 e. The van der Waals surface area contributed by atoms with Gasteiger partial charge in [0.2, 0.25) is 0 Å². The fraction of sp³-hybridized carbons (Fsp3) is 0.625. The fourth-order valence-electron chi connectivity index (χ4n) is 3.05. The molecule has 1 aromatic carbocycles. The molecule has 0 aliphatic carbocycles. The van der Waals surface area contributed by atoms with Crippen molar-refractivity contribution < 1.29 is 0 Å². The summed E-state index contributed by atoms with van der Waals surface area (Å²) in [6.45, 7) is 8.53. The van der Waals surface area contributed by atoms with Gasteiger partial charge in [-0.15, -0.1) is 0 Å². The molecule has 1 saturated heterocycles. The maximum atomic E-state index is 6.00. The minimum atomic E-state index is 0.419.